The number of anilines is 1. The van der Waals surface area contributed by atoms with Gasteiger partial charge < -0.3 is 10.5 Å². The van der Waals surface area contributed by atoms with E-state index in [0.29, 0.717) is 11.4 Å². The molecule has 0 radical (unpaired) electrons. The van der Waals surface area contributed by atoms with Gasteiger partial charge in [0, 0.05) is 12.2 Å². The quantitative estimate of drug-likeness (QED) is 0.577. The van der Waals surface area contributed by atoms with Gasteiger partial charge in [0.2, 0.25) is 10.0 Å². The van der Waals surface area contributed by atoms with Crippen LogP contribution in [-0.4, -0.2) is 26.8 Å². The highest BCUT2D eigenvalue weighted by atomic mass is 32.2. The van der Waals surface area contributed by atoms with Crippen LogP contribution in [0.15, 0.2) is 24.3 Å². The molecule has 0 aliphatic carbocycles. The molecule has 1 rings (SSSR count). The zero-order chi connectivity index (χ0) is 13.6. The molecule has 7 heteroatoms. The molecule has 1 aromatic rings. The van der Waals surface area contributed by atoms with Crippen molar-refractivity contribution in [1.29, 1.82) is 5.26 Å². The highest BCUT2D eigenvalue weighted by molar-refractivity contribution is 7.90. The molecule has 0 aliphatic heterocycles. The zero-order valence-electron chi connectivity index (χ0n) is 9.96. The Morgan fingerprint density at radius 3 is 2.61 bits per heavy atom. The maximum absolute atomic E-state index is 11.4. The average molecular weight is 269 g/mol. The Morgan fingerprint density at radius 2 is 2.06 bits per heavy atom. The van der Waals surface area contributed by atoms with Crippen molar-refractivity contribution in [3.63, 3.8) is 0 Å². The number of hydrogen-bond acceptors (Lipinski definition) is 5. The molecule has 0 fully saturated rings. The first-order valence-electron chi connectivity index (χ1n) is 5.32. The Balaban J connectivity index is 2.36. The van der Waals surface area contributed by atoms with Gasteiger partial charge in [-0.1, -0.05) is 0 Å². The number of nitrogens with one attached hydrogen (secondary N) is 1. The molecule has 98 valence electrons. The van der Waals surface area contributed by atoms with Gasteiger partial charge in [-0.15, -0.1) is 0 Å². The van der Waals surface area contributed by atoms with Crippen molar-refractivity contribution in [3.05, 3.63) is 24.3 Å². The lowest BCUT2D eigenvalue weighted by Gasteiger charge is -2.09. The van der Waals surface area contributed by atoms with Gasteiger partial charge in [-0.05, 0) is 31.2 Å². The third kappa shape index (κ3) is 4.24. The highest BCUT2D eigenvalue weighted by Gasteiger charge is 2.18. The Morgan fingerprint density at radius 1 is 1.44 bits per heavy atom. The zero-order valence-corrected chi connectivity index (χ0v) is 10.8. The number of rotatable bonds is 6. The van der Waals surface area contributed by atoms with Crippen molar-refractivity contribution in [2.24, 2.45) is 0 Å². The molecule has 1 aromatic carbocycles. The van der Waals surface area contributed by atoms with Crippen molar-refractivity contribution in [2.45, 2.75) is 12.2 Å². The van der Waals surface area contributed by atoms with Crippen molar-refractivity contribution in [1.82, 2.24) is 4.72 Å². The summed E-state index contributed by atoms with van der Waals surface area (Å²) in [6, 6.07) is 8.44. The second-order valence-corrected chi connectivity index (χ2v) is 5.71. The van der Waals surface area contributed by atoms with Gasteiger partial charge in [0.1, 0.15) is 12.4 Å². The van der Waals surface area contributed by atoms with E-state index in [-0.39, 0.29) is 13.2 Å². The molecular weight excluding hydrogens is 254 g/mol. The number of hydrogen-bond donors (Lipinski definition) is 2. The summed E-state index contributed by atoms with van der Waals surface area (Å²) in [4.78, 5) is 0. The summed E-state index contributed by atoms with van der Waals surface area (Å²) in [7, 11) is -3.58. The number of ether oxygens (including phenoxy) is 1. The van der Waals surface area contributed by atoms with Crippen LogP contribution >= 0.6 is 0 Å². The third-order valence-corrected chi connectivity index (χ3v) is 3.84. The number of nitrogens with zero attached hydrogens (tertiary/aromatic N) is 1. The third-order valence-electron chi connectivity index (χ3n) is 2.20. The first-order chi connectivity index (χ1) is 8.45. The van der Waals surface area contributed by atoms with E-state index >= 15 is 0 Å². The molecule has 0 saturated heterocycles. The van der Waals surface area contributed by atoms with Crippen LogP contribution in [0.25, 0.3) is 0 Å². The van der Waals surface area contributed by atoms with Gasteiger partial charge in [0.05, 0.1) is 6.07 Å². The average Bonchev–Trinajstić information content (AvgIpc) is 2.35. The molecule has 1 atom stereocenters. The number of benzene rings is 1. The first kappa shape index (κ1) is 14.3. The predicted octanol–water partition coefficient (Wildman–Crippen LogP) is 0.479. The van der Waals surface area contributed by atoms with Gasteiger partial charge in [-0.25, -0.2) is 13.1 Å². The number of sulfonamides is 1. The fourth-order valence-electron chi connectivity index (χ4n) is 1.11. The van der Waals surface area contributed by atoms with Crippen molar-refractivity contribution in [2.75, 3.05) is 18.9 Å². The molecule has 0 saturated carbocycles. The maximum atomic E-state index is 11.4. The van der Waals surface area contributed by atoms with Gasteiger partial charge in [0.25, 0.3) is 0 Å². The smallest absolute Gasteiger partial charge is 0.227 e. The topological polar surface area (TPSA) is 105 Å². The highest BCUT2D eigenvalue weighted by Crippen LogP contribution is 2.12. The van der Waals surface area contributed by atoms with E-state index in [1.165, 1.54) is 6.92 Å². The van der Waals surface area contributed by atoms with E-state index in [1.807, 2.05) is 0 Å². The lowest BCUT2D eigenvalue weighted by Crippen LogP contribution is -2.34. The van der Waals surface area contributed by atoms with E-state index in [0.717, 1.165) is 0 Å². The number of nitrogen functional groups attached to an aromatic ring is 1. The molecule has 18 heavy (non-hydrogen) atoms. The van der Waals surface area contributed by atoms with Gasteiger partial charge >= 0.3 is 0 Å². The van der Waals surface area contributed by atoms with E-state index in [9.17, 15) is 8.42 Å². The van der Waals surface area contributed by atoms with E-state index in [4.69, 9.17) is 15.7 Å². The second-order valence-electron chi connectivity index (χ2n) is 3.63. The summed E-state index contributed by atoms with van der Waals surface area (Å²) in [5.74, 6) is 0.608. The molecule has 3 N–H and O–H groups in total. The Bertz CT molecular complexity index is 519. The Kier molecular flexibility index (Phi) is 4.95. The summed E-state index contributed by atoms with van der Waals surface area (Å²) in [5, 5.41) is 7.44. The molecule has 0 aromatic heterocycles. The Labute approximate surface area is 106 Å². The lowest BCUT2D eigenvalue weighted by molar-refractivity contribution is 0.323. The van der Waals surface area contributed by atoms with Crippen LogP contribution in [0, 0.1) is 11.3 Å². The first-order valence-corrected chi connectivity index (χ1v) is 6.87. The van der Waals surface area contributed by atoms with Crippen molar-refractivity contribution >= 4 is 15.7 Å². The minimum absolute atomic E-state index is 0.110. The van der Waals surface area contributed by atoms with Crippen LogP contribution in [0.3, 0.4) is 0 Å². The Hall–Kier alpha value is -1.78. The van der Waals surface area contributed by atoms with Crippen LogP contribution in [0.4, 0.5) is 5.69 Å². The summed E-state index contributed by atoms with van der Waals surface area (Å²) >= 11 is 0. The summed E-state index contributed by atoms with van der Waals surface area (Å²) in [6.45, 7) is 1.61. The number of nitriles is 1. The fraction of sp³-hybridized carbons (Fsp3) is 0.364. The minimum atomic E-state index is -3.58. The molecule has 1 unspecified atom stereocenters. The van der Waals surface area contributed by atoms with Crippen LogP contribution < -0.4 is 15.2 Å². The molecule has 6 nitrogen and oxygen atoms in total. The monoisotopic (exact) mass is 269 g/mol. The van der Waals surface area contributed by atoms with Crippen LogP contribution in [0.1, 0.15) is 6.92 Å². The SMILES string of the molecule is CC(C#N)S(=O)(=O)NCCOc1ccc(N)cc1. The summed E-state index contributed by atoms with van der Waals surface area (Å²) in [6.07, 6.45) is 0. The van der Waals surface area contributed by atoms with E-state index in [2.05, 4.69) is 4.72 Å². The van der Waals surface area contributed by atoms with E-state index in [1.54, 1.807) is 30.3 Å². The van der Waals surface area contributed by atoms with Gasteiger partial charge in [0.15, 0.2) is 5.25 Å². The van der Waals surface area contributed by atoms with Gasteiger partial charge in [-0.2, -0.15) is 5.26 Å². The molecule has 0 bridgehead atoms. The molecule has 0 amide bonds. The maximum Gasteiger partial charge on any atom is 0.227 e. The lowest BCUT2D eigenvalue weighted by atomic mass is 10.3. The largest absolute Gasteiger partial charge is 0.492 e. The van der Waals surface area contributed by atoms with E-state index < -0.39 is 15.3 Å². The predicted molar refractivity (Wildman–Crippen MR) is 68.3 cm³/mol. The summed E-state index contributed by atoms with van der Waals surface area (Å²) in [5.41, 5.74) is 6.14. The molecule has 0 aliphatic rings. The fourth-order valence-corrected chi connectivity index (χ4v) is 1.87. The number of nitrogens with two attached hydrogens (primary N) is 1. The van der Waals surface area contributed by atoms with Crippen LogP contribution in [0.5, 0.6) is 5.75 Å². The molecular formula is C11H15N3O3S. The minimum Gasteiger partial charge on any atom is -0.492 e. The van der Waals surface area contributed by atoms with Crippen molar-refractivity contribution in [3.8, 4) is 11.8 Å². The normalized spacial score (nSPS) is 12.7. The van der Waals surface area contributed by atoms with Crippen LogP contribution in [-0.2, 0) is 10.0 Å². The summed E-state index contributed by atoms with van der Waals surface area (Å²) < 4.78 is 30.4. The van der Waals surface area contributed by atoms with Gasteiger partial charge in [-0.3, -0.25) is 0 Å². The standard InChI is InChI=1S/C11H15N3O3S/c1-9(8-12)18(15,16)14-6-7-17-11-4-2-10(13)3-5-11/h2-5,9,14H,6-7,13H2,1H3. The van der Waals surface area contributed by atoms with Crippen molar-refractivity contribution < 1.29 is 13.2 Å². The molecule has 0 spiro atoms. The molecule has 0 heterocycles. The second kappa shape index (κ2) is 6.23. The van der Waals surface area contributed by atoms with Crippen LogP contribution in [0.2, 0.25) is 0 Å².